The van der Waals surface area contributed by atoms with E-state index in [0.717, 1.165) is 39.2 Å². The van der Waals surface area contributed by atoms with E-state index in [1.54, 1.807) is 12.2 Å². The third kappa shape index (κ3) is 5.66. The summed E-state index contributed by atoms with van der Waals surface area (Å²) in [5, 5.41) is 0. The third-order valence-electron chi connectivity index (χ3n) is 9.12. The molecule has 0 radical (unpaired) electrons. The standard InChI is InChI=1S/C44H28N4O3S/c49-52(50,51)44-37-27-35-24-22-33(46-35)25-32-21-23-34(45-32)26-36-38(28-13-5-1-6-14-28)39(29-15-7-2-8-16-29)42(47-36)40(30-17-9-3-10-18-30)43(48-37)41(44)31-19-11-4-12-20-31/h1-27H,(H,49,50,51). The minimum absolute atomic E-state index is 0.0677. The molecule has 8 bridgehead atoms. The summed E-state index contributed by atoms with van der Waals surface area (Å²) in [6.45, 7) is 0. The monoisotopic (exact) mass is 692 g/mol. The van der Waals surface area contributed by atoms with Crippen molar-refractivity contribution in [2.75, 3.05) is 0 Å². The van der Waals surface area contributed by atoms with E-state index in [1.807, 2.05) is 140 Å². The lowest BCUT2D eigenvalue weighted by atomic mass is 9.85. The number of allylic oxidation sites excluding steroid dienone is 12. The van der Waals surface area contributed by atoms with Crippen LogP contribution in [0.5, 0.6) is 0 Å². The zero-order valence-electron chi connectivity index (χ0n) is 27.5. The predicted octanol–water partition coefficient (Wildman–Crippen LogP) is 8.90. The van der Waals surface area contributed by atoms with E-state index in [0.29, 0.717) is 39.7 Å². The van der Waals surface area contributed by atoms with Crippen molar-refractivity contribution in [3.63, 3.8) is 0 Å². The normalized spacial score (nSPS) is 17.9. The smallest absolute Gasteiger partial charge is 0.282 e. The second kappa shape index (κ2) is 12.6. The molecule has 4 aromatic rings. The maximum absolute atomic E-state index is 13.5. The Morgan fingerprint density at radius 1 is 0.442 bits per heavy atom. The number of nitrogens with zero attached hydrogens (tertiary/aromatic N) is 4. The molecule has 248 valence electrons. The maximum Gasteiger partial charge on any atom is 0.297 e. The molecule has 5 aliphatic heterocycles. The average Bonchev–Trinajstić information content (AvgIpc) is 3.96. The molecule has 9 rings (SSSR count). The van der Waals surface area contributed by atoms with Crippen LogP contribution in [0.2, 0.25) is 0 Å². The Hall–Kier alpha value is -6.61. The molecule has 0 saturated carbocycles. The van der Waals surface area contributed by atoms with Crippen LogP contribution in [0.3, 0.4) is 0 Å². The highest BCUT2D eigenvalue weighted by atomic mass is 32.2. The molecule has 7 nitrogen and oxygen atoms in total. The van der Waals surface area contributed by atoms with Crippen molar-refractivity contribution in [2.24, 2.45) is 20.0 Å². The molecule has 4 aromatic carbocycles. The summed E-state index contributed by atoms with van der Waals surface area (Å²) in [6.07, 6.45) is 13.0. The van der Waals surface area contributed by atoms with E-state index in [-0.39, 0.29) is 16.2 Å². The lowest BCUT2D eigenvalue weighted by Crippen LogP contribution is -2.11. The fraction of sp³-hybridized carbons (Fsp3) is 0. The number of aliphatic imine (C=N–C) groups is 4. The first-order chi connectivity index (χ1) is 25.4. The molecule has 0 fully saturated rings. The quantitative estimate of drug-likeness (QED) is 0.211. The van der Waals surface area contributed by atoms with Gasteiger partial charge in [0, 0.05) is 22.3 Å². The Labute approximate surface area is 301 Å². The second-order valence-electron chi connectivity index (χ2n) is 12.5. The van der Waals surface area contributed by atoms with Gasteiger partial charge in [-0.2, -0.15) is 8.42 Å². The third-order valence-corrected chi connectivity index (χ3v) is 10.0. The Bertz CT molecular complexity index is 2690. The number of rotatable bonds is 5. The minimum Gasteiger partial charge on any atom is -0.282 e. The molecular formula is C44H28N4O3S. The number of hydrogen-bond donors (Lipinski definition) is 1. The molecule has 5 aliphatic rings. The van der Waals surface area contributed by atoms with Gasteiger partial charge in [0.2, 0.25) is 0 Å². The number of hydrogen-bond acceptors (Lipinski definition) is 6. The maximum atomic E-state index is 13.5. The van der Waals surface area contributed by atoms with E-state index >= 15 is 0 Å². The van der Waals surface area contributed by atoms with Crippen molar-refractivity contribution in [2.45, 2.75) is 0 Å². The van der Waals surface area contributed by atoms with Gasteiger partial charge in [0.1, 0.15) is 4.91 Å². The molecule has 0 amide bonds. The Kier molecular flexibility index (Phi) is 7.61. The zero-order chi connectivity index (χ0) is 35.2. The van der Waals surface area contributed by atoms with E-state index < -0.39 is 10.1 Å². The fourth-order valence-electron chi connectivity index (χ4n) is 6.95. The Balaban J connectivity index is 1.48. The summed E-state index contributed by atoms with van der Waals surface area (Å²) < 4.78 is 38.1. The van der Waals surface area contributed by atoms with E-state index in [9.17, 15) is 13.0 Å². The van der Waals surface area contributed by atoms with Crippen molar-refractivity contribution in [1.29, 1.82) is 0 Å². The summed E-state index contributed by atoms with van der Waals surface area (Å²) in [4.78, 5) is 19.9. The largest absolute Gasteiger partial charge is 0.297 e. The van der Waals surface area contributed by atoms with Crippen LogP contribution in [0, 0.1) is 0 Å². The zero-order valence-corrected chi connectivity index (χ0v) is 28.4. The topological polar surface area (TPSA) is 104 Å². The predicted molar refractivity (Wildman–Crippen MR) is 210 cm³/mol. The highest BCUT2D eigenvalue weighted by Crippen LogP contribution is 2.48. The van der Waals surface area contributed by atoms with Gasteiger partial charge in [0.25, 0.3) is 10.1 Å². The summed E-state index contributed by atoms with van der Waals surface area (Å²) in [6, 6.07) is 39.0. The van der Waals surface area contributed by atoms with Gasteiger partial charge in [-0.1, -0.05) is 121 Å². The van der Waals surface area contributed by atoms with Crippen molar-refractivity contribution < 1.29 is 13.0 Å². The number of benzene rings is 4. The SMILES string of the molecule is O=S(=O)(O)C1=C(c2ccccc2)C2=C(c3ccccc3)C3=NC(=CC4=NC(=CC5=NC(=CC1=N2)C=C5)C=C4)C(c1ccccc1)=C3c1ccccc1. The second-order valence-corrected chi connectivity index (χ2v) is 13.8. The molecule has 0 atom stereocenters. The molecule has 5 heterocycles. The highest BCUT2D eigenvalue weighted by Gasteiger charge is 2.38. The van der Waals surface area contributed by atoms with Gasteiger partial charge in [-0.05, 0) is 64.8 Å². The van der Waals surface area contributed by atoms with Gasteiger partial charge in [0.15, 0.2) is 0 Å². The summed E-state index contributed by atoms with van der Waals surface area (Å²) >= 11 is 0. The summed E-state index contributed by atoms with van der Waals surface area (Å²) in [5.74, 6) is 0. The molecule has 0 spiro atoms. The van der Waals surface area contributed by atoms with Gasteiger partial charge >= 0.3 is 0 Å². The van der Waals surface area contributed by atoms with E-state index in [1.165, 1.54) is 0 Å². The molecule has 0 unspecified atom stereocenters. The van der Waals surface area contributed by atoms with Crippen molar-refractivity contribution in [3.05, 3.63) is 214 Å². The molecule has 52 heavy (non-hydrogen) atoms. The molecule has 1 N–H and O–H groups in total. The van der Waals surface area contributed by atoms with Crippen LogP contribution in [0.15, 0.2) is 212 Å². The molecule has 0 saturated heterocycles. The first-order valence-electron chi connectivity index (χ1n) is 16.7. The van der Waals surface area contributed by atoms with Crippen LogP contribution < -0.4 is 0 Å². The van der Waals surface area contributed by atoms with Gasteiger partial charge in [0.05, 0.1) is 45.6 Å². The van der Waals surface area contributed by atoms with Gasteiger partial charge in [-0.15, -0.1) is 0 Å². The van der Waals surface area contributed by atoms with Crippen LogP contribution in [0.25, 0.3) is 22.3 Å². The lowest BCUT2D eigenvalue weighted by molar-refractivity contribution is 0.493. The fourth-order valence-corrected chi connectivity index (χ4v) is 7.80. The Morgan fingerprint density at radius 3 is 1.44 bits per heavy atom. The van der Waals surface area contributed by atoms with Crippen LogP contribution in [-0.2, 0) is 10.1 Å². The highest BCUT2D eigenvalue weighted by molar-refractivity contribution is 7.91. The van der Waals surface area contributed by atoms with Crippen molar-refractivity contribution in [1.82, 2.24) is 0 Å². The first-order valence-corrected chi connectivity index (χ1v) is 18.1. The van der Waals surface area contributed by atoms with Gasteiger partial charge < -0.3 is 0 Å². The molecule has 0 aromatic heterocycles. The van der Waals surface area contributed by atoms with Crippen molar-refractivity contribution >= 4 is 55.3 Å². The van der Waals surface area contributed by atoms with E-state index in [4.69, 9.17) is 20.0 Å². The van der Waals surface area contributed by atoms with Crippen LogP contribution in [0.4, 0.5) is 0 Å². The summed E-state index contributed by atoms with van der Waals surface area (Å²) in [7, 11) is -4.82. The molecule has 8 heteroatoms. The van der Waals surface area contributed by atoms with Crippen LogP contribution >= 0.6 is 0 Å². The Morgan fingerprint density at radius 2 is 0.904 bits per heavy atom. The minimum atomic E-state index is -4.82. The lowest BCUT2D eigenvalue weighted by Gasteiger charge is -2.17. The van der Waals surface area contributed by atoms with Gasteiger partial charge in [-0.3, -0.25) is 4.55 Å². The average molecular weight is 693 g/mol. The van der Waals surface area contributed by atoms with Crippen molar-refractivity contribution in [3.8, 4) is 0 Å². The first kappa shape index (κ1) is 31.4. The molecule has 0 aliphatic carbocycles. The molecular weight excluding hydrogens is 665 g/mol. The van der Waals surface area contributed by atoms with E-state index in [2.05, 4.69) is 12.1 Å². The summed E-state index contributed by atoms with van der Waals surface area (Å²) in [5.41, 5.74) is 10.1. The van der Waals surface area contributed by atoms with Gasteiger partial charge in [-0.25, -0.2) is 20.0 Å². The van der Waals surface area contributed by atoms with Crippen LogP contribution in [-0.4, -0.2) is 35.8 Å². The van der Waals surface area contributed by atoms with Crippen LogP contribution in [0.1, 0.15) is 22.3 Å². The number of fused-ring (bicyclic) bond motifs is 4.